The van der Waals surface area contributed by atoms with Crippen LogP contribution in [0, 0.1) is 0 Å². The van der Waals surface area contributed by atoms with Crippen molar-refractivity contribution in [2.75, 3.05) is 24.6 Å². The van der Waals surface area contributed by atoms with Gasteiger partial charge in [0, 0.05) is 37.1 Å². The van der Waals surface area contributed by atoms with Gasteiger partial charge in [0.2, 0.25) is 12.8 Å². The van der Waals surface area contributed by atoms with Gasteiger partial charge in [-0.15, -0.1) is 0 Å². The minimum atomic E-state index is -0.120. The summed E-state index contributed by atoms with van der Waals surface area (Å²) in [5, 5.41) is 12.5. The van der Waals surface area contributed by atoms with E-state index in [1.54, 1.807) is 4.90 Å². The molecule has 0 aliphatic rings. The van der Waals surface area contributed by atoms with Crippen LogP contribution < -0.4 is 10.2 Å². The number of hydrogen-bond donors (Lipinski definition) is 2. The molecule has 0 fully saturated rings. The van der Waals surface area contributed by atoms with Gasteiger partial charge in [-0.25, -0.2) is 0 Å². The zero-order valence-electron chi connectivity index (χ0n) is 17.0. The number of aliphatic hydroxyl groups is 1. The van der Waals surface area contributed by atoms with Crippen LogP contribution >= 0.6 is 0 Å². The summed E-state index contributed by atoms with van der Waals surface area (Å²) < 4.78 is 0. The van der Waals surface area contributed by atoms with Crippen LogP contribution in [0.5, 0.6) is 0 Å². The molecular formula is C23H31N3O3. The first-order valence-electron chi connectivity index (χ1n) is 10.1. The fourth-order valence-electron chi connectivity index (χ4n) is 3.62. The number of nitrogens with zero attached hydrogens (tertiary/aromatic N) is 2. The highest BCUT2D eigenvalue weighted by molar-refractivity contribution is 5.64. The van der Waals surface area contributed by atoms with Gasteiger partial charge in [0.1, 0.15) is 0 Å². The molecule has 0 bridgehead atoms. The molecule has 0 saturated heterocycles. The largest absolute Gasteiger partial charge is 0.396 e. The summed E-state index contributed by atoms with van der Waals surface area (Å²) in [6.07, 6.45) is 3.72. The third-order valence-electron chi connectivity index (χ3n) is 4.98. The molecule has 0 aliphatic heterocycles. The first-order valence-corrected chi connectivity index (χ1v) is 10.1. The fraction of sp³-hybridized carbons (Fsp3) is 0.391. The molecule has 2 rings (SSSR count). The molecule has 0 aromatic heterocycles. The third kappa shape index (κ3) is 6.61. The molecule has 0 saturated carbocycles. The lowest BCUT2D eigenvalue weighted by Crippen LogP contribution is -2.48. The minimum Gasteiger partial charge on any atom is -0.396 e. The molecule has 0 radical (unpaired) electrons. The number of carbonyl (C=O) groups excluding carboxylic acids is 2. The number of aliphatic hydroxyl groups excluding tert-OH is 1. The van der Waals surface area contributed by atoms with Gasteiger partial charge in [0.05, 0.1) is 6.04 Å². The highest BCUT2D eigenvalue weighted by Gasteiger charge is 2.26. The van der Waals surface area contributed by atoms with Crippen molar-refractivity contribution in [1.82, 2.24) is 10.2 Å². The molecule has 1 unspecified atom stereocenters. The normalized spacial score (nSPS) is 12.6. The van der Waals surface area contributed by atoms with Crippen LogP contribution in [-0.2, 0) is 9.59 Å². The van der Waals surface area contributed by atoms with E-state index < -0.39 is 0 Å². The maximum Gasteiger partial charge on any atom is 0.210 e. The lowest BCUT2D eigenvalue weighted by atomic mass is 10.1. The molecule has 0 spiro atoms. The van der Waals surface area contributed by atoms with Crippen LogP contribution in [0.4, 0.5) is 11.4 Å². The zero-order valence-corrected chi connectivity index (χ0v) is 17.0. The standard InChI is InChI=1S/C23H31N3O3/c1-2-9-22(16-24-18-28)25(19-29)17-23(14-15-27)26(20-10-5-3-6-11-20)21-12-7-4-8-13-21/h3-8,10-13,18-19,22-23,27H,2,9,14-17H2,1H3,(H,24,28)/t22?,23-/m1/s1. The van der Waals surface area contributed by atoms with Crippen molar-refractivity contribution in [3.63, 3.8) is 0 Å². The first kappa shape index (κ1) is 22.4. The molecule has 2 N–H and O–H groups in total. The average molecular weight is 398 g/mol. The Morgan fingerprint density at radius 1 is 0.931 bits per heavy atom. The summed E-state index contributed by atoms with van der Waals surface area (Å²) in [6, 6.07) is 19.8. The smallest absolute Gasteiger partial charge is 0.210 e. The van der Waals surface area contributed by atoms with E-state index in [2.05, 4.69) is 17.1 Å². The van der Waals surface area contributed by atoms with Crippen LogP contribution in [0.2, 0.25) is 0 Å². The van der Waals surface area contributed by atoms with Crippen molar-refractivity contribution in [3.05, 3.63) is 60.7 Å². The first-order chi connectivity index (χ1) is 14.2. The second-order valence-corrected chi connectivity index (χ2v) is 6.98. The Bertz CT molecular complexity index is 672. The summed E-state index contributed by atoms with van der Waals surface area (Å²) in [7, 11) is 0. The van der Waals surface area contributed by atoms with E-state index in [4.69, 9.17) is 0 Å². The summed E-state index contributed by atoms with van der Waals surface area (Å²) in [6.45, 7) is 2.93. The number of carbonyl (C=O) groups is 2. The number of hydrogen-bond acceptors (Lipinski definition) is 4. The SMILES string of the molecule is CCCC(CNC=O)N(C=O)C[C@@H](CCO)N(c1ccccc1)c1ccccc1. The molecule has 29 heavy (non-hydrogen) atoms. The zero-order chi connectivity index (χ0) is 20.9. The Kier molecular flexibility index (Phi) is 9.72. The Labute approximate surface area is 173 Å². The molecule has 0 heterocycles. The van der Waals surface area contributed by atoms with E-state index in [1.165, 1.54) is 0 Å². The van der Waals surface area contributed by atoms with Crippen LogP contribution in [0.25, 0.3) is 0 Å². The number of benzene rings is 2. The lowest BCUT2D eigenvalue weighted by molar-refractivity contribution is -0.121. The van der Waals surface area contributed by atoms with Gasteiger partial charge < -0.3 is 20.2 Å². The average Bonchev–Trinajstić information content (AvgIpc) is 2.77. The molecule has 6 heteroatoms. The molecular weight excluding hydrogens is 366 g/mol. The van der Waals surface area contributed by atoms with Gasteiger partial charge in [-0.1, -0.05) is 49.7 Å². The summed E-state index contributed by atoms with van der Waals surface area (Å²) in [5.41, 5.74) is 2.00. The predicted molar refractivity (Wildman–Crippen MR) is 116 cm³/mol. The van der Waals surface area contributed by atoms with Gasteiger partial charge in [0.15, 0.2) is 0 Å². The van der Waals surface area contributed by atoms with E-state index in [9.17, 15) is 14.7 Å². The second kappa shape index (κ2) is 12.6. The van der Waals surface area contributed by atoms with Crippen LogP contribution in [0.15, 0.2) is 60.7 Å². The van der Waals surface area contributed by atoms with Crippen molar-refractivity contribution >= 4 is 24.2 Å². The number of nitrogens with one attached hydrogen (secondary N) is 1. The van der Waals surface area contributed by atoms with Crippen molar-refractivity contribution in [2.24, 2.45) is 0 Å². The maximum atomic E-state index is 11.9. The van der Waals surface area contributed by atoms with Crippen molar-refractivity contribution in [3.8, 4) is 0 Å². The van der Waals surface area contributed by atoms with Crippen molar-refractivity contribution in [2.45, 2.75) is 38.3 Å². The number of amides is 2. The predicted octanol–water partition coefficient (Wildman–Crippen LogP) is 2.95. The van der Waals surface area contributed by atoms with Crippen LogP contribution in [0.1, 0.15) is 26.2 Å². The Balaban J connectivity index is 2.35. The highest BCUT2D eigenvalue weighted by Crippen LogP contribution is 2.29. The highest BCUT2D eigenvalue weighted by atomic mass is 16.3. The topological polar surface area (TPSA) is 72.9 Å². The molecule has 2 aromatic carbocycles. The van der Waals surface area contributed by atoms with Gasteiger partial charge in [-0.05, 0) is 37.1 Å². The van der Waals surface area contributed by atoms with Gasteiger partial charge in [-0.2, -0.15) is 0 Å². The van der Waals surface area contributed by atoms with E-state index in [0.29, 0.717) is 25.9 Å². The number of rotatable bonds is 14. The number of anilines is 2. The Hall–Kier alpha value is -2.86. The Morgan fingerprint density at radius 3 is 1.97 bits per heavy atom. The molecule has 2 amide bonds. The van der Waals surface area contributed by atoms with Crippen LogP contribution in [-0.4, -0.2) is 54.6 Å². The van der Waals surface area contributed by atoms with E-state index in [1.807, 2.05) is 60.7 Å². The molecule has 2 atom stereocenters. The lowest BCUT2D eigenvalue weighted by Gasteiger charge is -2.38. The van der Waals surface area contributed by atoms with Crippen molar-refractivity contribution < 1.29 is 14.7 Å². The third-order valence-corrected chi connectivity index (χ3v) is 4.98. The van der Waals surface area contributed by atoms with E-state index in [0.717, 1.165) is 30.6 Å². The van der Waals surface area contributed by atoms with Crippen LogP contribution in [0.3, 0.4) is 0 Å². The maximum absolute atomic E-state index is 11.9. The quantitative estimate of drug-likeness (QED) is 0.481. The minimum absolute atomic E-state index is 0.0125. The van der Waals surface area contributed by atoms with E-state index in [-0.39, 0.29) is 18.7 Å². The number of para-hydroxylation sites is 2. The van der Waals surface area contributed by atoms with Gasteiger partial charge in [0.25, 0.3) is 0 Å². The van der Waals surface area contributed by atoms with E-state index >= 15 is 0 Å². The molecule has 2 aromatic rings. The summed E-state index contributed by atoms with van der Waals surface area (Å²) in [4.78, 5) is 26.6. The second-order valence-electron chi connectivity index (χ2n) is 6.98. The Morgan fingerprint density at radius 2 is 1.52 bits per heavy atom. The fourth-order valence-corrected chi connectivity index (χ4v) is 3.62. The molecule has 6 nitrogen and oxygen atoms in total. The summed E-state index contributed by atoms with van der Waals surface area (Å²) >= 11 is 0. The summed E-state index contributed by atoms with van der Waals surface area (Å²) in [5.74, 6) is 0. The van der Waals surface area contributed by atoms with Gasteiger partial charge in [-0.3, -0.25) is 9.59 Å². The molecule has 156 valence electrons. The monoisotopic (exact) mass is 397 g/mol. The van der Waals surface area contributed by atoms with Crippen molar-refractivity contribution in [1.29, 1.82) is 0 Å². The van der Waals surface area contributed by atoms with Gasteiger partial charge >= 0.3 is 0 Å². The molecule has 0 aliphatic carbocycles.